The minimum Gasteiger partial charge on any atom is -0.349 e. The highest BCUT2D eigenvalue weighted by Gasteiger charge is 2.15. The first kappa shape index (κ1) is 23.1. The molecule has 0 radical (unpaired) electrons. The highest BCUT2D eigenvalue weighted by atomic mass is 32.2. The number of aryl methyl sites for hydroxylation is 2. The van der Waals surface area contributed by atoms with Crippen LogP contribution in [0.4, 0.5) is 0 Å². The van der Waals surface area contributed by atoms with Crippen molar-refractivity contribution in [3.8, 4) is 5.69 Å². The van der Waals surface area contributed by atoms with E-state index in [0.717, 1.165) is 35.3 Å². The van der Waals surface area contributed by atoms with Crippen LogP contribution in [-0.2, 0) is 17.1 Å². The third-order valence-electron chi connectivity index (χ3n) is 5.14. The van der Waals surface area contributed by atoms with E-state index in [1.165, 1.54) is 29.5 Å². The molecule has 2 aromatic carbocycles. The molecule has 0 saturated carbocycles. The number of benzene rings is 2. The van der Waals surface area contributed by atoms with Gasteiger partial charge in [-0.15, -0.1) is 10.2 Å². The minimum absolute atomic E-state index is 0.0727. The van der Waals surface area contributed by atoms with Crippen molar-refractivity contribution in [1.82, 2.24) is 20.1 Å². The lowest BCUT2D eigenvalue weighted by Gasteiger charge is -2.11. The van der Waals surface area contributed by atoms with Crippen molar-refractivity contribution in [3.05, 3.63) is 71.0 Å². The Bertz CT molecular complexity index is 981. The number of aromatic nitrogens is 3. The van der Waals surface area contributed by atoms with Crippen molar-refractivity contribution in [2.24, 2.45) is 0 Å². The van der Waals surface area contributed by atoms with E-state index < -0.39 is 0 Å². The lowest BCUT2D eigenvalue weighted by atomic mass is 10.1. The Labute approximate surface area is 189 Å². The average molecular weight is 437 g/mol. The van der Waals surface area contributed by atoms with Gasteiger partial charge in [0.1, 0.15) is 0 Å². The summed E-state index contributed by atoms with van der Waals surface area (Å²) < 4.78 is 2.05. The van der Waals surface area contributed by atoms with E-state index in [4.69, 9.17) is 0 Å². The number of nitrogens with one attached hydrogen (secondary N) is 1. The summed E-state index contributed by atoms with van der Waals surface area (Å²) in [5, 5.41) is 12.7. The van der Waals surface area contributed by atoms with Gasteiger partial charge in [-0.25, -0.2) is 0 Å². The molecule has 1 amide bonds. The van der Waals surface area contributed by atoms with Crippen molar-refractivity contribution < 1.29 is 4.79 Å². The molecular formula is C25H32N4OS. The molecule has 31 heavy (non-hydrogen) atoms. The van der Waals surface area contributed by atoms with Crippen LogP contribution in [0, 0.1) is 13.8 Å². The molecule has 1 aromatic heterocycles. The number of rotatable bonds is 11. The largest absolute Gasteiger partial charge is 0.349 e. The highest BCUT2D eigenvalue weighted by molar-refractivity contribution is 7.98. The summed E-state index contributed by atoms with van der Waals surface area (Å²) in [5.74, 6) is 1.64. The molecule has 0 fully saturated rings. The molecule has 3 rings (SSSR count). The molecule has 6 heteroatoms. The van der Waals surface area contributed by atoms with E-state index >= 15 is 0 Å². The smallest absolute Gasteiger partial charge is 0.220 e. The topological polar surface area (TPSA) is 59.8 Å². The Morgan fingerprint density at radius 3 is 2.55 bits per heavy atom. The van der Waals surface area contributed by atoms with Crippen molar-refractivity contribution in [3.63, 3.8) is 0 Å². The highest BCUT2D eigenvalue weighted by Crippen LogP contribution is 2.26. The van der Waals surface area contributed by atoms with E-state index in [2.05, 4.69) is 89.4 Å². The van der Waals surface area contributed by atoms with Gasteiger partial charge in [0.2, 0.25) is 5.91 Å². The first-order chi connectivity index (χ1) is 15.1. The molecule has 0 aliphatic heterocycles. The van der Waals surface area contributed by atoms with Crippen molar-refractivity contribution in [2.75, 3.05) is 0 Å². The molecule has 1 N–H and O–H groups in total. The Hall–Kier alpha value is -2.60. The molecule has 0 bridgehead atoms. The van der Waals surface area contributed by atoms with Crippen molar-refractivity contribution in [1.29, 1.82) is 0 Å². The SMILES string of the molecule is CCCCCCC(=O)NCc1nnc(SCc2cccc(C)c2)n1-c1ccc(C)cc1. The summed E-state index contributed by atoms with van der Waals surface area (Å²) in [4.78, 5) is 12.2. The van der Waals surface area contributed by atoms with E-state index in [9.17, 15) is 4.79 Å². The third kappa shape index (κ3) is 6.96. The van der Waals surface area contributed by atoms with Gasteiger partial charge in [-0.2, -0.15) is 0 Å². The lowest BCUT2D eigenvalue weighted by molar-refractivity contribution is -0.121. The van der Waals surface area contributed by atoms with Gasteiger partial charge in [0, 0.05) is 17.9 Å². The monoisotopic (exact) mass is 436 g/mol. The predicted octanol–water partition coefficient (Wildman–Crippen LogP) is 5.76. The van der Waals surface area contributed by atoms with E-state index in [1.54, 1.807) is 11.8 Å². The van der Waals surface area contributed by atoms with Gasteiger partial charge in [-0.1, -0.05) is 85.5 Å². The summed E-state index contributed by atoms with van der Waals surface area (Å²) >= 11 is 1.66. The molecule has 0 aliphatic rings. The summed E-state index contributed by atoms with van der Waals surface area (Å²) in [6.07, 6.45) is 4.94. The number of carbonyl (C=O) groups is 1. The summed E-state index contributed by atoms with van der Waals surface area (Å²) in [5.41, 5.74) is 4.72. The number of amides is 1. The van der Waals surface area contributed by atoms with Gasteiger partial charge in [0.15, 0.2) is 11.0 Å². The summed E-state index contributed by atoms with van der Waals surface area (Å²) in [7, 11) is 0. The van der Waals surface area contributed by atoms with Crippen molar-refractivity contribution in [2.45, 2.75) is 70.3 Å². The van der Waals surface area contributed by atoms with Gasteiger partial charge < -0.3 is 5.32 Å². The van der Waals surface area contributed by atoms with Crippen LogP contribution in [0.3, 0.4) is 0 Å². The zero-order valence-corrected chi connectivity index (χ0v) is 19.5. The molecule has 0 aliphatic carbocycles. The molecular weight excluding hydrogens is 404 g/mol. The zero-order chi connectivity index (χ0) is 22.1. The second kappa shape index (κ2) is 11.7. The van der Waals surface area contributed by atoms with Crippen LogP contribution < -0.4 is 5.32 Å². The lowest BCUT2D eigenvalue weighted by Crippen LogP contribution is -2.24. The number of hydrogen-bond donors (Lipinski definition) is 1. The zero-order valence-electron chi connectivity index (χ0n) is 18.7. The second-order valence-corrected chi connectivity index (χ2v) is 8.88. The number of carbonyl (C=O) groups excluding carboxylic acids is 1. The second-order valence-electron chi connectivity index (χ2n) is 7.93. The predicted molar refractivity (Wildman–Crippen MR) is 127 cm³/mol. The molecule has 1 heterocycles. The first-order valence-electron chi connectivity index (χ1n) is 11.0. The van der Waals surface area contributed by atoms with Crippen LogP contribution in [-0.4, -0.2) is 20.7 Å². The third-order valence-corrected chi connectivity index (χ3v) is 6.14. The van der Waals surface area contributed by atoms with Crippen LogP contribution in [0.5, 0.6) is 0 Å². The van der Waals surface area contributed by atoms with E-state index in [1.807, 2.05) is 0 Å². The molecule has 5 nitrogen and oxygen atoms in total. The normalized spacial score (nSPS) is 10.9. The van der Waals surface area contributed by atoms with Gasteiger partial charge in [0.05, 0.1) is 6.54 Å². The number of nitrogens with zero attached hydrogens (tertiary/aromatic N) is 3. The number of unbranched alkanes of at least 4 members (excludes halogenated alkanes) is 3. The first-order valence-corrected chi connectivity index (χ1v) is 12.0. The Kier molecular flexibility index (Phi) is 8.71. The minimum atomic E-state index is 0.0727. The summed E-state index contributed by atoms with van der Waals surface area (Å²) in [6.45, 7) is 6.72. The van der Waals surface area contributed by atoms with Crippen LogP contribution in [0.15, 0.2) is 53.7 Å². The number of thioether (sulfide) groups is 1. The van der Waals surface area contributed by atoms with Crippen molar-refractivity contribution >= 4 is 17.7 Å². The van der Waals surface area contributed by atoms with E-state index in [-0.39, 0.29) is 5.91 Å². The van der Waals surface area contributed by atoms with Gasteiger partial charge in [-0.3, -0.25) is 9.36 Å². The molecule has 3 aromatic rings. The fourth-order valence-electron chi connectivity index (χ4n) is 3.39. The van der Waals surface area contributed by atoms with Gasteiger partial charge >= 0.3 is 0 Å². The number of hydrogen-bond acceptors (Lipinski definition) is 4. The maximum atomic E-state index is 12.2. The van der Waals surface area contributed by atoms with Gasteiger partial charge in [0.25, 0.3) is 0 Å². The quantitative estimate of drug-likeness (QED) is 0.306. The summed E-state index contributed by atoms with van der Waals surface area (Å²) in [6, 6.07) is 16.8. The molecule has 0 atom stereocenters. The molecule has 0 saturated heterocycles. The van der Waals surface area contributed by atoms with Gasteiger partial charge in [-0.05, 0) is 38.0 Å². The average Bonchev–Trinajstić information content (AvgIpc) is 3.17. The standard InChI is InChI=1S/C25H32N4OS/c1-4-5-6-7-11-24(30)26-17-23-27-28-25(29(23)22-14-12-19(2)13-15-22)31-18-21-10-8-9-20(3)16-21/h8-10,12-16H,4-7,11,17-18H2,1-3H3,(H,26,30). The van der Waals surface area contributed by atoms with Crippen LogP contribution in [0.1, 0.15) is 61.5 Å². The van der Waals surface area contributed by atoms with Crippen LogP contribution in [0.2, 0.25) is 0 Å². The maximum absolute atomic E-state index is 12.2. The maximum Gasteiger partial charge on any atom is 0.220 e. The van der Waals surface area contributed by atoms with E-state index in [0.29, 0.717) is 13.0 Å². The fraction of sp³-hybridized carbons (Fsp3) is 0.400. The Morgan fingerprint density at radius 1 is 1.00 bits per heavy atom. The fourth-order valence-corrected chi connectivity index (χ4v) is 4.30. The molecule has 164 valence electrons. The molecule has 0 unspecified atom stereocenters. The van der Waals surface area contributed by atoms with Crippen LogP contribution in [0.25, 0.3) is 5.69 Å². The Morgan fingerprint density at radius 2 is 1.81 bits per heavy atom. The van der Waals surface area contributed by atoms with Crippen LogP contribution >= 0.6 is 11.8 Å². The Balaban J connectivity index is 1.72. The molecule has 0 spiro atoms.